The summed E-state index contributed by atoms with van der Waals surface area (Å²) in [6.45, 7) is 2.29. The van der Waals surface area contributed by atoms with E-state index in [-0.39, 0.29) is 17.1 Å². The summed E-state index contributed by atoms with van der Waals surface area (Å²) in [6.07, 6.45) is 1.51. The number of aliphatic hydroxyl groups is 1. The SMILES string of the molecule is CC1(O)CCCN(S(=O)(=O)c2ccc([N+](=O)[O-])cc2)CC1. The van der Waals surface area contributed by atoms with E-state index in [0.29, 0.717) is 25.8 Å². The Morgan fingerprint density at radius 3 is 2.43 bits per heavy atom. The standard InChI is InChI=1S/C13H18N2O5S/c1-13(16)7-2-9-14(10-8-13)21(19,20)12-5-3-11(4-6-12)15(17)18/h3-6,16H,2,7-10H2,1H3. The molecule has 0 saturated carbocycles. The number of benzene rings is 1. The molecule has 1 unspecified atom stereocenters. The lowest BCUT2D eigenvalue weighted by molar-refractivity contribution is -0.384. The summed E-state index contributed by atoms with van der Waals surface area (Å²) >= 11 is 0. The van der Waals surface area contributed by atoms with Gasteiger partial charge in [0.05, 0.1) is 15.4 Å². The lowest BCUT2D eigenvalue weighted by Crippen LogP contribution is -2.33. The maximum absolute atomic E-state index is 12.5. The van der Waals surface area contributed by atoms with Gasteiger partial charge in [-0.3, -0.25) is 10.1 Å². The molecule has 8 heteroatoms. The Hall–Kier alpha value is -1.51. The molecule has 0 spiro atoms. The Balaban J connectivity index is 2.23. The van der Waals surface area contributed by atoms with Gasteiger partial charge in [-0.05, 0) is 38.3 Å². The van der Waals surface area contributed by atoms with Crippen LogP contribution in [0, 0.1) is 10.1 Å². The van der Waals surface area contributed by atoms with Gasteiger partial charge in [-0.25, -0.2) is 8.42 Å². The van der Waals surface area contributed by atoms with Crippen LogP contribution in [0.5, 0.6) is 0 Å². The number of nitrogens with zero attached hydrogens (tertiary/aromatic N) is 2. The van der Waals surface area contributed by atoms with Gasteiger partial charge >= 0.3 is 0 Å². The zero-order valence-electron chi connectivity index (χ0n) is 11.7. The molecule has 0 amide bonds. The molecule has 116 valence electrons. The summed E-state index contributed by atoms with van der Waals surface area (Å²) in [5, 5.41) is 20.6. The van der Waals surface area contributed by atoms with Crippen LogP contribution in [0.2, 0.25) is 0 Å². The maximum Gasteiger partial charge on any atom is 0.269 e. The molecule has 7 nitrogen and oxygen atoms in total. The van der Waals surface area contributed by atoms with Gasteiger partial charge in [-0.1, -0.05) is 0 Å². The topological polar surface area (TPSA) is 101 Å². The van der Waals surface area contributed by atoms with Crippen molar-refractivity contribution in [3.8, 4) is 0 Å². The first kappa shape index (κ1) is 15.9. The largest absolute Gasteiger partial charge is 0.390 e. The van der Waals surface area contributed by atoms with Crippen LogP contribution < -0.4 is 0 Å². The first-order valence-electron chi connectivity index (χ1n) is 6.69. The van der Waals surface area contributed by atoms with Gasteiger partial charge < -0.3 is 5.11 Å². The highest BCUT2D eigenvalue weighted by Crippen LogP contribution is 2.26. The van der Waals surface area contributed by atoms with Crippen molar-refractivity contribution in [3.63, 3.8) is 0 Å². The Morgan fingerprint density at radius 1 is 1.24 bits per heavy atom. The second-order valence-corrected chi connectivity index (χ2v) is 7.44. The number of non-ortho nitro benzene ring substituents is 1. The van der Waals surface area contributed by atoms with Crippen LogP contribution in [0.25, 0.3) is 0 Å². The van der Waals surface area contributed by atoms with Gasteiger partial charge in [0.1, 0.15) is 0 Å². The smallest absolute Gasteiger partial charge is 0.269 e. The Labute approximate surface area is 123 Å². The highest BCUT2D eigenvalue weighted by molar-refractivity contribution is 7.89. The second-order valence-electron chi connectivity index (χ2n) is 5.51. The molecule has 1 aromatic carbocycles. The van der Waals surface area contributed by atoms with E-state index in [0.717, 1.165) is 0 Å². The van der Waals surface area contributed by atoms with Crippen LogP contribution >= 0.6 is 0 Å². The average Bonchev–Trinajstić information content (AvgIpc) is 2.60. The molecule has 1 aliphatic heterocycles. The van der Waals surface area contributed by atoms with Gasteiger partial charge in [-0.15, -0.1) is 0 Å². The van der Waals surface area contributed by atoms with Crippen molar-refractivity contribution in [1.29, 1.82) is 0 Å². The predicted molar refractivity (Wildman–Crippen MR) is 76.3 cm³/mol. The third kappa shape index (κ3) is 3.58. The van der Waals surface area contributed by atoms with Crippen molar-refractivity contribution in [2.24, 2.45) is 0 Å². The fourth-order valence-electron chi connectivity index (χ4n) is 2.37. The molecule has 1 aromatic rings. The van der Waals surface area contributed by atoms with Gasteiger partial charge in [0.2, 0.25) is 10.0 Å². The molecule has 21 heavy (non-hydrogen) atoms. The van der Waals surface area contributed by atoms with Crippen molar-refractivity contribution < 1.29 is 18.4 Å². The third-order valence-electron chi connectivity index (χ3n) is 3.71. The van der Waals surface area contributed by atoms with Crippen LogP contribution in [0.1, 0.15) is 26.2 Å². The van der Waals surface area contributed by atoms with Crippen LogP contribution in [0.4, 0.5) is 5.69 Å². The molecule has 0 aromatic heterocycles. The first-order valence-corrected chi connectivity index (χ1v) is 8.13. The maximum atomic E-state index is 12.5. The normalized spacial score (nSPS) is 24.5. The summed E-state index contributed by atoms with van der Waals surface area (Å²) in [6, 6.07) is 4.86. The second kappa shape index (κ2) is 5.70. The van der Waals surface area contributed by atoms with E-state index in [1.165, 1.54) is 28.6 Å². The van der Waals surface area contributed by atoms with Gasteiger partial charge in [0.25, 0.3) is 5.69 Å². The zero-order valence-corrected chi connectivity index (χ0v) is 12.5. The van der Waals surface area contributed by atoms with Gasteiger partial charge in [0.15, 0.2) is 0 Å². The lowest BCUT2D eigenvalue weighted by atomic mass is 9.98. The molecular formula is C13H18N2O5S. The highest BCUT2D eigenvalue weighted by atomic mass is 32.2. The molecule has 1 saturated heterocycles. The quantitative estimate of drug-likeness (QED) is 0.673. The summed E-state index contributed by atoms with van der Waals surface area (Å²) in [4.78, 5) is 10.1. The first-order chi connectivity index (χ1) is 9.72. The molecule has 2 rings (SSSR count). The molecule has 1 aliphatic rings. The van der Waals surface area contributed by atoms with E-state index >= 15 is 0 Å². The van der Waals surface area contributed by atoms with Crippen LogP contribution in [-0.4, -0.2) is 41.4 Å². The molecule has 0 bridgehead atoms. The van der Waals surface area contributed by atoms with E-state index in [4.69, 9.17) is 0 Å². The minimum absolute atomic E-state index is 0.0367. The molecule has 1 atom stereocenters. The monoisotopic (exact) mass is 314 g/mol. The van der Waals surface area contributed by atoms with E-state index in [9.17, 15) is 23.6 Å². The summed E-state index contributed by atoms with van der Waals surface area (Å²) in [5.74, 6) is 0. The summed E-state index contributed by atoms with van der Waals surface area (Å²) in [5.41, 5.74) is -0.993. The molecular weight excluding hydrogens is 296 g/mol. The van der Waals surface area contributed by atoms with Crippen LogP contribution in [0.15, 0.2) is 29.2 Å². The minimum atomic E-state index is -3.68. The fourth-order valence-corrected chi connectivity index (χ4v) is 3.85. The summed E-state index contributed by atoms with van der Waals surface area (Å²) < 4.78 is 26.3. The predicted octanol–water partition coefficient (Wildman–Crippen LogP) is 1.52. The van der Waals surface area contributed by atoms with E-state index < -0.39 is 20.5 Å². The number of rotatable bonds is 3. The lowest BCUT2D eigenvalue weighted by Gasteiger charge is -2.22. The number of hydrogen-bond donors (Lipinski definition) is 1. The molecule has 1 N–H and O–H groups in total. The Morgan fingerprint density at radius 2 is 1.86 bits per heavy atom. The Kier molecular flexibility index (Phi) is 4.31. The molecule has 1 heterocycles. The van der Waals surface area contributed by atoms with Gasteiger partial charge in [-0.2, -0.15) is 4.31 Å². The third-order valence-corrected chi connectivity index (χ3v) is 5.62. The number of nitro groups is 1. The van der Waals surface area contributed by atoms with E-state index in [2.05, 4.69) is 0 Å². The minimum Gasteiger partial charge on any atom is -0.390 e. The van der Waals surface area contributed by atoms with Crippen LogP contribution in [0.3, 0.4) is 0 Å². The van der Waals surface area contributed by atoms with E-state index in [1.807, 2.05) is 0 Å². The molecule has 0 radical (unpaired) electrons. The van der Waals surface area contributed by atoms with Crippen LogP contribution in [-0.2, 0) is 10.0 Å². The van der Waals surface area contributed by atoms with Crippen molar-refractivity contribution in [1.82, 2.24) is 4.31 Å². The Bertz CT molecular complexity index is 624. The van der Waals surface area contributed by atoms with Gasteiger partial charge in [0, 0.05) is 25.2 Å². The van der Waals surface area contributed by atoms with Crippen molar-refractivity contribution in [2.45, 2.75) is 36.7 Å². The molecule has 1 fully saturated rings. The highest BCUT2D eigenvalue weighted by Gasteiger charge is 2.31. The fraction of sp³-hybridized carbons (Fsp3) is 0.538. The average molecular weight is 314 g/mol. The van der Waals surface area contributed by atoms with E-state index in [1.54, 1.807) is 6.92 Å². The zero-order chi connectivity index (χ0) is 15.7. The van der Waals surface area contributed by atoms with Crippen molar-refractivity contribution in [3.05, 3.63) is 34.4 Å². The number of sulfonamides is 1. The number of nitro benzene ring substituents is 1. The van der Waals surface area contributed by atoms with Crippen molar-refractivity contribution in [2.75, 3.05) is 13.1 Å². The summed E-state index contributed by atoms with van der Waals surface area (Å²) in [7, 11) is -3.68. The number of hydrogen-bond acceptors (Lipinski definition) is 5. The molecule has 0 aliphatic carbocycles. The van der Waals surface area contributed by atoms with Crippen molar-refractivity contribution >= 4 is 15.7 Å².